The van der Waals surface area contributed by atoms with E-state index in [0.29, 0.717) is 29.0 Å². The maximum atomic E-state index is 12.1. The van der Waals surface area contributed by atoms with E-state index < -0.39 is 11.8 Å². The Morgan fingerprint density at radius 2 is 2.03 bits per heavy atom. The summed E-state index contributed by atoms with van der Waals surface area (Å²) in [4.78, 5) is 33.7. The summed E-state index contributed by atoms with van der Waals surface area (Å²) in [5.41, 5.74) is 6.58. The molecule has 164 valence electrons. The molecule has 30 heavy (non-hydrogen) atoms. The van der Waals surface area contributed by atoms with Gasteiger partial charge in [0, 0.05) is 36.3 Å². The van der Waals surface area contributed by atoms with Gasteiger partial charge in [-0.15, -0.1) is 11.3 Å². The Kier molecular flexibility index (Phi) is 12.3. The number of amides is 2. The maximum Gasteiger partial charge on any atom is 0.234 e. The molecule has 0 spiro atoms. The van der Waals surface area contributed by atoms with Crippen LogP contribution in [0.3, 0.4) is 0 Å². The molecule has 0 unspecified atom stereocenters. The molecule has 0 aliphatic rings. The molecular weight excluding hydrogens is 424 g/mol. The summed E-state index contributed by atoms with van der Waals surface area (Å²) < 4.78 is 0. The van der Waals surface area contributed by atoms with E-state index in [2.05, 4.69) is 26.1 Å². The Hall–Kier alpha value is -2.49. The number of hydrogen-bond donors (Lipinski definition) is 4. The molecule has 12 heteroatoms. The van der Waals surface area contributed by atoms with Crippen molar-refractivity contribution in [2.45, 2.75) is 45.8 Å². The quantitative estimate of drug-likeness (QED) is 0.0993. The predicted octanol–water partition coefficient (Wildman–Crippen LogP) is 1.81. The number of imide groups is 1. The highest BCUT2D eigenvalue weighted by Crippen LogP contribution is 2.18. The molecular formula is C18H28N8O2S2. The molecule has 0 aliphatic carbocycles. The van der Waals surface area contributed by atoms with Gasteiger partial charge in [-0.2, -0.15) is 17.0 Å². The van der Waals surface area contributed by atoms with Gasteiger partial charge in [-0.1, -0.05) is 20.8 Å². The number of amidine groups is 1. The second-order valence-electron chi connectivity index (χ2n) is 5.89. The van der Waals surface area contributed by atoms with Crippen LogP contribution in [0.5, 0.6) is 0 Å². The predicted molar refractivity (Wildman–Crippen MR) is 120 cm³/mol. The molecule has 4 N–H and O–H groups in total. The lowest BCUT2D eigenvalue weighted by atomic mass is 10.3. The third kappa shape index (κ3) is 8.48. The summed E-state index contributed by atoms with van der Waals surface area (Å²) in [6, 6.07) is 0. The first-order valence-corrected chi connectivity index (χ1v) is 11.7. The van der Waals surface area contributed by atoms with Gasteiger partial charge in [-0.05, 0) is 6.42 Å². The van der Waals surface area contributed by atoms with Gasteiger partial charge in [-0.25, -0.2) is 15.3 Å². The highest BCUT2D eigenvalue weighted by atomic mass is 32.2. The Morgan fingerprint density at radius 1 is 1.33 bits per heavy atom. The fraction of sp³-hybridized carbons (Fsp3) is 0.556. The molecule has 1 rings (SSSR count). The maximum absolute atomic E-state index is 12.1. The second kappa shape index (κ2) is 14.5. The van der Waals surface area contributed by atoms with Crippen molar-refractivity contribution in [2.24, 2.45) is 4.99 Å². The van der Waals surface area contributed by atoms with Crippen LogP contribution in [0.25, 0.3) is 0 Å². The van der Waals surface area contributed by atoms with Crippen molar-refractivity contribution < 1.29 is 9.59 Å². The average Bonchev–Trinajstić information content (AvgIpc) is 3.22. The van der Waals surface area contributed by atoms with E-state index in [1.54, 1.807) is 25.6 Å². The van der Waals surface area contributed by atoms with E-state index in [0.717, 1.165) is 23.6 Å². The van der Waals surface area contributed by atoms with Gasteiger partial charge in [0.2, 0.25) is 17.8 Å². The number of hydrazine groups is 1. The average molecular weight is 453 g/mol. The van der Waals surface area contributed by atoms with Crippen molar-refractivity contribution in [1.82, 2.24) is 26.1 Å². The second-order valence-corrected chi connectivity index (χ2v) is 7.86. The SMILES string of the molecule is CCCNNC(=NCCSCc1csc(C(=N)N(C(=O)CC)C(=O)CC)n1)NC#N. The molecule has 10 nitrogen and oxygen atoms in total. The number of nitrogens with zero attached hydrogens (tertiary/aromatic N) is 4. The number of carbonyl (C=O) groups excluding carboxylic acids is 2. The Bertz CT molecular complexity index is 771. The van der Waals surface area contributed by atoms with Crippen LogP contribution in [0.1, 0.15) is 50.7 Å². The zero-order valence-electron chi connectivity index (χ0n) is 17.4. The van der Waals surface area contributed by atoms with Gasteiger partial charge in [0.25, 0.3) is 0 Å². The number of nitrogens with one attached hydrogen (secondary N) is 4. The van der Waals surface area contributed by atoms with Gasteiger partial charge < -0.3 is 0 Å². The molecule has 0 bridgehead atoms. The van der Waals surface area contributed by atoms with Crippen LogP contribution in [0.4, 0.5) is 0 Å². The molecule has 0 atom stereocenters. The summed E-state index contributed by atoms with van der Waals surface area (Å²) in [7, 11) is 0. The fourth-order valence-electron chi connectivity index (χ4n) is 2.12. The van der Waals surface area contributed by atoms with E-state index in [4.69, 9.17) is 10.7 Å². The molecule has 0 fully saturated rings. The van der Waals surface area contributed by atoms with E-state index in [1.165, 1.54) is 11.3 Å². The van der Waals surface area contributed by atoms with Gasteiger partial charge in [-0.3, -0.25) is 30.7 Å². The highest BCUT2D eigenvalue weighted by Gasteiger charge is 2.26. The molecule has 0 aliphatic heterocycles. The zero-order valence-corrected chi connectivity index (χ0v) is 19.1. The van der Waals surface area contributed by atoms with E-state index in [1.807, 2.05) is 18.5 Å². The number of hydrogen-bond acceptors (Lipinski definition) is 9. The van der Waals surface area contributed by atoms with Gasteiger partial charge in [0.15, 0.2) is 17.0 Å². The van der Waals surface area contributed by atoms with Crippen LogP contribution in [0, 0.1) is 16.9 Å². The number of thiazole rings is 1. The van der Waals surface area contributed by atoms with E-state index >= 15 is 0 Å². The lowest BCUT2D eigenvalue weighted by molar-refractivity contribution is -0.139. The van der Waals surface area contributed by atoms with Crippen LogP contribution < -0.4 is 16.2 Å². The highest BCUT2D eigenvalue weighted by molar-refractivity contribution is 7.98. The first-order valence-electron chi connectivity index (χ1n) is 9.63. The standard InChI is InChI=1S/C18H28N8O2S2/c1-4-7-23-25-18(22-12-19)21-8-9-29-10-13-11-30-17(24-13)16(20)26(14(27)5-2)15(28)6-3/h11,20,23H,4-10H2,1-3H3,(H2,21,22,25). The zero-order chi connectivity index (χ0) is 22.4. The minimum Gasteiger partial charge on any atom is -0.291 e. The van der Waals surface area contributed by atoms with E-state index in [9.17, 15) is 9.59 Å². The van der Waals surface area contributed by atoms with Crippen LogP contribution in [-0.4, -0.2) is 52.3 Å². The molecule has 1 aromatic rings. The van der Waals surface area contributed by atoms with Crippen molar-refractivity contribution >= 4 is 46.7 Å². The normalized spacial score (nSPS) is 10.9. The largest absolute Gasteiger partial charge is 0.291 e. The van der Waals surface area contributed by atoms with Gasteiger partial charge in [0.05, 0.1) is 12.2 Å². The van der Waals surface area contributed by atoms with Crippen molar-refractivity contribution in [3.05, 3.63) is 16.1 Å². The molecule has 1 heterocycles. The number of aromatic nitrogens is 1. The minimum absolute atomic E-state index is 0.147. The fourth-order valence-corrected chi connectivity index (χ4v) is 3.70. The van der Waals surface area contributed by atoms with Crippen molar-refractivity contribution in [3.8, 4) is 6.19 Å². The third-order valence-corrected chi connectivity index (χ3v) is 5.46. The van der Waals surface area contributed by atoms with Gasteiger partial charge in [0.1, 0.15) is 0 Å². The Labute approximate surface area is 185 Å². The molecule has 1 aromatic heterocycles. The van der Waals surface area contributed by atoms with Crippen LogP contribution in [0.2, 0.25) is 0 Å². The molecule has 0 saturated heterocycles. The number of aliphatic imine (C=N–C) groups is 1. The smallest absolute Gasteiger partial charge is 0.234 e. The first kappa shape index (κ1) is 25.5. The van der Waals surface area contributed by atoms with Crippen molar-refractivity contribution in [3.63, 3.8) is 0 Å². The molecule has 0 aromatic carbocycles. The molecule has 0 saturated carbocycles. The Balaban J connectivity index is 2.57. The molecule has 0 radical (unpaired) electrons. The number of nitriles is 1. The summed E-state index contributed by atoms with van der Waals surface area (Å²) in [5.74, 6) is 0.727. The minimum atomic E-state index is -0.403. The van der Waals surface area contributed by atoms with E-state index in [-0.39, 0.29) is 18.7 Å². The van der Waals surface area contributed by atoms with Crippen LogP contribution in [0.15, 0.2) is 10.4 Å². The summed E-state index contributed by atoms with van der Waals surface area (Å²) in [6.45, 7) is 6.61. The number of carbonyl (C=O) groups is 2. The first-order chi connectivity index (χ1) is 14.5. The lowest BCUT2D eigenvalue weighted by Gasteiger charge is -2.18. The van der Waals surface area contributed by atoms with Crippen molar-refractivity contribution in [1.29, 1.82) is 10.7 Å². The van der Waals surface area contributed by atoms with Crippen LogP contribution >= 0.6 is 23.1 Å². The topological polar surface area (TPSA) is 146 Å². The number of guanidine groups is 1. The Morgan fingerprint density at radius 3 is 2.63 bits per heavy atom. The van der Waals surface area contributed by atoms with Crippen LogP contribution in [-0.2, 0) is 15.3 Å². The number of thioether (sulfide) groups is 1. The van der Waals surface area contributed by atoms with Crippen molar-refractivity contribution in [2.75, 3.05) is 18.8 Å². The monoisotopic (exact) mass is 452 g/mol. The number of rotatable bonds is 11. The third-order valence-electron chi connectivity index (χ3n) is 3.59. The molecule has 2 amide bonds. The summed E-state index contributed by atoms with van der Waals surface area (Å²) >= 11 is 2.85. The summed E-state index contributed by atoms with van der Waals surface area (Å²) in [5, 5.41) is 21.6. The van der Waals surface area contributed by atoms with Gasteiger partial charge >= 0.3 is 0 Å². The summed E-state index contributed by atoms with van der Waals surface area (Å²) in [6.07, 6.45) is 3.08. The lowest BCUT2D eigenvalue weighted by Crippen LogP contribution is -2.44.